The van der Waals surface area contributed by atoms with Crippen LogP contribution in [0.4, 0.5) is 0 Å². The molecule has 0 saturated carbocycles. The molecule has 78 valence electrons. The smallest absolute Gasteiger partial charge is 0.0669 e. The monoisotopic (exact) mass is 211 g/mol. The summed E-state index contributed by atoms with van der Waals surface area (Å²) in [7, 11) is 0. The Morgan fingerprint density at radius 1 is 1.50 bits per heavy atom. The van der Waals surface area contributed by atoms with Crippen LogP contribution in [0.2, 0.25) is 0 Å². The fourth-order valence-electron chi connectivity index (χ4n) is 1.72. The van der Waals surface area contributed by atoms with Crippen LogP contribution in [-0.4, -0.2) is 34.3 Å². The molecule has 0 radical (unpaired) electrons. The van der Waals surface area contributed by atoms with Crippen LogP contribution in [0, 0.1) is 13.8 Å². The zero-order valence-electron chi connectivity index (χ0n) is 8.76. The Bertz CT molecular complexity index is 302. The number of aromatic amines is 1. The van der Waals surface area contributed by atoms with Crippen LogP contribution < -0.4 is 5.32 Å². The molecule has 2 rings (SSSR count). The van der Waals surface area contributed by atoms with Crippen molar-refractivity contribution in [2.24, 2.45) is 0 Å². The molecule has 2 heterocycles. The van der Waals surface area contributed by atoms with Crippen LogP contribution in [0.3, 0.4) is 0 Å². The highest BCUT2D eigenvalue weighted by Crippen LogP contribution is 2.15. The molecule has 3 nitrogen and oxygen atoms in total. The van der Waals surface area contributed by atoms with Crippen LogP contribution in [0.5, 0.6) is 0 Å². The molecule has 0 amide bonds. The first-order valence-corrected chi connectivity index (χ1v) is 6.24. The van der Waals surface area contributed by atoms with Gasteiger partial charge in [-0.15, -0.1) is 0 Å². The maximum atomic E-state index is 4.34. The van der Waals surface area contributed by atoms with Gasteiger partial charge >= 0.3 is 0 Å². The first-order chi connectivity index (χ1) is 6.77. The van der Waals surface area contributed by atoms with E-state index in [0.29, 0.717) is 6.04 Å². The summed E-state index contributed by atoms with van der Waals surface area (Å²) in [5.74, 6) is 2.46. The van der Waals surface area contributed by atoms with Crippen molar-refractivity contribution < 1.29 is 0 Å². The van der Waals surface area contributed by atoms with Gasteiger partial charge in [-0.1, -0.05) is 0 Å². The summed E-state index contributed by atoms with van der Waals surface area (Å²) in [5, 5.41) is 10.9. The Labute approximate surface area is 89.1 Å². The highest BCUT2D eigenvalue weighted by molar-refractivity contribution is 7.99. The highest BCUT2D eigenvalue weighted by atomic mass is 32.2. The maximum Gasteiger partial charge on any atom is 0.0669 e. The minimum Gasteiger partial charge on any atom is -0.312 e. The minimum absolute atomic E-state index is 0.607. The Morgan fingerprint density at radius 2 is 2.36 bits per heavy atom. The van der Waals surface area contributed by atoms with Crippen molar-refractivity contribution in [3.05, 3.63) is 17.0 Å². The number of hydrogen-bond acceptors (Lipinski definition) is 3. The molecule has 1 aromatic heterocycles. The van der Waals surface area contributed by atoms with Gasteiger partial charge in [0.05, 0.1) is 5.69 Å². The first-order valence-electron chi connectivity index (χ1n) is 5.09. The van der Waals surface area contributed by atoms with Gasteiger partial charge in [0.15, 0.2) is 0 Å². The summed E-state index contributed by atoms with van der Waals surface area (Å²) in [6.45, 7) is 5.36. The Balaban J connectivity index is 1.99. The van der Waals surface area contributed by atoms with E-state index in [1.165, 1.54) is 28.5 Å². The summed E-state index contributed by atoms with van der Waals surface area (Å²) < 4.78 is 0. The molecular weight excluding hydrogens is 194 g/mol. The lowest BCUT2D eigenvalue weighted by Gasteiger charge is -2.22. The van der Waals surface area contributed by atoms with Crippen LogP contribution in [0.25, 0.3) is 0 Å². The van der Waals surface area contributed by atoms with Crippen molar-refractivity contribution in [1.29, 1.82) is 0 Å². The van der Waals surface area contributed by atoms with E-state index in [0.717, 1.165) is 13.0 Å². The van der Waals surface area contributed by atoms with Gasteiger partial charge in [-0.05, 0) is 19.4 Å². The zero-order chi connectivity index (χ0) is 9.97. The molecule has 2 N–H and O–H groups in total. The summed E-state index contributed by atoms with van der Waals surface area (Å²) in [4.78, 5) is 0. The van der Waals surface area contributed by atoms with Crippen LogP contribution in [-0.2, 0) is 6.42 Å². The number of nitrogens with one attached hydrogen (secondary N) is 2. The zero-order valence-corrected chi connectivity index (χ0v) is 9.58. The molecule has 1 atom stereocenters. The summed E-state index contributed by atoms with van der Waals surface area (Å²) in [6, 6.07) is 0.607. The maximum absolute atomic E-state index is 4.34. The molecule has 1 fully saturated rings. The third kappa shape index (κ3) is 2.12. The standard InChI is InChI=1S/C10H17N3S/c1-7-8(2)12-13-10(7)5-9-6-14-4-3-11-9/h9,11H,3-6H2,1-2H3,(H,12,13). The van der Waals surface area contributed by atoms with Gasteiger partial charge in [-0.25, -0.2) is 0 Å². The van der Waals surface area contributed by atoms with E-state index < -0.39 is 0 Å². The van der Waals surface area contributed by atoms with Crippen molar-refractivity contribution >= 4 is 11.8 Å². The van der Waals surface area contributed by atoms with Crippen molar-refractivity contribution in [2.75, 3.05) is 18.1 Å². The van der Waals surface area contributed by atoms with Crippen molar-refractivity contribution in [3.8, 4) is 0 Å². The normalized spacial score (nSPS) is 22.6. The van der Waals surface area contributed by atoms with Gasteiger partial charge in [0, 0.05) is 36.2 Å². The molecule has 1 saturated heterocycles. The van der Waals surface area contributed by atoms with Gasteiger partial charge in [0.1, 0.15) is 0 Å². The number of hydrogen-bond donors (Lipinski definition) is 2. The number of aryl methyl sites for hydroxylation is 1. The molecule has 1 aromatic rings. The highest BCUT2D eigenvalue weighted by Gasteiger charge is 2.16. The largest absolute Gasteiger partial charge is 0.312 e. The van der Waals surface area contributed by atoms with Gasteiger partial charge in [0.2, 0.25) is 0 Å². The van der Waals surface area contributed by atoms with E-state index in [1.54, 1.807) is 0 Å². The van der Waals surface area contributed by atoms with Crippen molar-refractivity contribution in [2.45, 2.75) is 26.3 Å². The molecule has 0 aliphatic carbocycles. The lowest BCUT2D eigenvalue weighted by molar-refractivity contribution is 0.556. The number of aromatic nitrogens is 2. The Morgan fingerprint density at radius 3 is 2.93 bits per heavy atom. The van der Waals surface area contributed by atoms with Gasteiger partial charge in [-0.2, -0.15) is 16.9 Å². The fourth-order valence-corrected chi connectivity index (χ4v) is 2.67. The van der Waals surface area contributed by atoms with Crippen LogP contribution in [0.1, 0.15) is 17.0 Å². The lowest BCUT2D eigenvalue weighted by atomic mass is 10.1. The number of thioether (sulfide) groups is 1. The van der Waals surface area contributed by atoms with Crippen molar-refractivity contribution in [3.63, 3.8) is 0 Å². The molecule has 0 bridgehead atoms. The number of nitrogens with zero attached hydrogens (tertiary/aromatic N) is 1. The third-order valence-corrected chi connectivity index (χ3v) is 3.92. The second-order valence-corrected chi connectivity index (χ2v) is 5.00. The van der Waals surface area contributed by atoms with Crippen LogP contribution >= 0.6 is 11.8 Å². The van der Waals surface area contributed by atoms with E-state index in [9.17, 15) is 0 Å². The molecular formula is C10H17N3S. The SMILES string of the molecule is Cc1[nH]nc(CC2CSCCN2)c1C. The summed E-state index contributed by atoms with van der Waals surface area (Å²) >= 11 is 2.03. The topological polar surface area (TPSA) is 40.7 Å². The molecule has 14 heavy (non-hydrogen) atoms. The third-order valence-electron chi connectivity index (χ3n) is 2.79. The number of H-pyrrole nitrogens is 1. The Kier molecular flexibility index (Phi) is 3.13. The molecule has 4 heteroatoms. The number of rotatable bonds is 2. The predicted octanol–water partition coefficient (Wildman–Crippen LogP) is 1.27. The lowest BCUT2D eigenvalue weighted by Crippen LogP contribution is -2.39. The molecule has 0 aromatic carbocycles. The minimum atomic E-state index is 0.607. The Hall–Kier alpha value is -0.480. The second kappa shape index (κ2) is 4.36. The molecule has 0 spiro atoms. The summed E-state index contributed by atoms with van der Waals surface area (Å²) in [5.41, 5.74) is 3.74. The van der Waals surface area contributed by atoms with Crippen LogP contribution in [0.15, 0.2) is 0 Å². The van der Waals surface area contributed by atoms with Gasteiger partial charge in [0.25, 0.3) is 0 Å². The van der Waals surface area contributed by atoms with E-state index in [1.807, 2.05) is 11.8 Å². The first kappa shape index (κ1) is 10.1. The average Bonchev–Trinajstić information content (AvgIpc) is 2.52. The summed E-state index contributed by atoms with van der Waals surface area (Å²) in [6.07, 6.45) is 1.06. The van der Waals surface area contributed by atoms with E-state index in [2.05, 4.69) is 29.4 Å². The van der Waals surface area contributed by atoms with E-state index in [4.69, 9.17) is 0 Å². The molecule has 1 unspecified atom stereocenters. The van der Waals surface area contributed by atoms with E-state index >= 15 is 0 Å². The van der Waals surface area contributed by atoms with Gasteiger partial charge in [-0.3, -0.25) is 5.10 Å². The molecule has 1 aliphatic rings. The fraction of sp³-hybridized carbons (Fsp3) is 0.700. The van der Waals surface area contributed by atoms with E-state index in [-0.39, 0.29) is 0 Å². The van der Waals surface area contributed by atoms with Gasteiger partial charge < -0.3 is 5.32 Å². The predicted molar refractivity (Wildman–Crippen MR) is 60.9 cm³/mol. The molecule has 1 aliphatic heterocycles. The quantitative estimate of drug-likeness (QED) is 0.774. The second-order valence-electron chi connectivity index (χ2n) is 3.85. The van der Waals surface area contributed by atoms with Crippen molar-refractivity contribution in [1.82, 2.24) is 15.5 Å². The average molecular weight is 211 g/mol.